The summed E-state index contributed by atoms with van der Waals surface area (Å²) in [6.45, 7) is 6.26. The highest BCUT2D eigenvalue weighted by molar-refractivity contribution is 5.58. The van der Waals surface area contributed by atoms with Crippen molar-refractivity contribution in [1.82, 2.24) is 0 Å². The van der Waals surface area contributed by atoms with E-state index in [-0.39, 0.29) is 0 Å². The number of nitrogens with zero attached hydrogens (tertiary/aromatic N) is 1. The van der Waals surface area contributed by atoms with Gasteiger partial charge in [-0.3, -0.25) is 0 Å². The second-order valence-corrected chi connectivity index (χ2v) is 3.29. The molecule has 1 nitrogen and oxygen atoms in total. The first kappa shape index (κ1) is 10.1. The summed E-state index contributed by atoms with van der Waals surface area (Å²) in [6, 6.07) is 9.30. The van der Waals surface area contributed by atoms with E-state index in [1.165, 1.54) is 17.7 Å². The van der Waals surface area contributed by atoms with Gasteiger partial charge in [-0.05, 0) is 25.0 Å². The van der Waals surface area contributed by atoms with Crippen molar-refractivity contribution in [2.24, 2.45) is 0 Å². The minimum absolute atomic E-state index is 0.674. The molecule has 1 heteroatoms. The van der Waals surface area contributed by atoms with Crippen molar-refractivity contribution in [3.63, 3.8) is 0 Å². The van der Waals surface area contributed by atoms with Gasteiger partial charge in [-0.25, -0.2) is 0 Å². The molecule has 1 unspecified atom stereocenters. The van der Waals surface area contributed by atoms with Crippen LogP contribution in [-0.2, 0) is 6.42 Å². The van der Waals surface area contributed by atoms with Crippen molar-refractivity contribution in [3.8, 4) is 0 Å². The first-order valence-corrected chi connectivity index (χ1v) is 5.10. The Balaban J connectivity index is 0.000000396. The number of hydrogen-bond donors (Lipinski definition) is 0. The number of rotatable bonds is 0. The Morgan fingerprint density at radius 2 is 1.85 bits per heavy atom. The molecule has 13 heavy (non-hydrogen) atoms. The van der Waals surface area contributed by atoms with Crippen molar-refractivity contribution < 1.29 is 0 Å². The first-order chi connectivity index (χ1) is 6.29. The van der Waals surface area contributed by atoms with Gasteiger partial charge in [0, 0.05) is 18.8 Å². The molecule has 0 bridgehead atoms. The first-order valence-electron chi connectivity index (χ1n) is 5.10. The largest absolute Gasteiger partial charge is 0.371 e. The minimum atomic E-state index is 0.674. The van der Waals surface area contributed by atoms with Crippen LogP contribution in [0.25, 0.3) is 0 Å². The second-order valence-electron chi connectivity index (χ2n) is 3.29. The fraction of sp³-hybridized carbons (Fsp3) is 0.500. The van der Waals surface area contributed by atoms with Gasteiger partial charge in [0.1, 0.15) is 0 Å². The second kappa shape index (κ2) is 4.31. The molecule has 1 atom stereocenters. The van der Waals surface area contributed by atoms with Crippen molar-refractivity contribution in [3.05, 3.63) is 29.8 Å². The van der Waals surface area contributed by atoms with Crippen LogP contribution < -0.4 is 4.90 Å². The van der Waals surface area contributed by atoms with E-state index in [4.69, 9.17) is 0 Å². The Labute approximate surface area is 81.4 Å². The minimum Gasteiger partial charge on any atom is -0.371 e. The Morgan fingerprint density at radius 1 is 1.23 bits per heavy atom. The normalized spacial score (nSPS) is 19.1. The molecular weight excluding hydrogens is 158 g/mol. The molecule has 1 aliphatic rings. The standard InChI is InChI=1S/C10H13N.C2H6/c1-8-7-9-5-3-4-6-10(9)11(8)2;1-2/h3-6,8H,7H2,1-2H3;1-2H3. The summed E-state index contributed by atoms with van der Waals surface area (Å²) in [5.74, 6) is 0. The Bertz CT molecular complexity index is 268. The highest BCUT2D eigenvalue weighted by Gasteiger charge is 2.21. The number of likely N-dealkylation sites (N-methyl/N-ethyl adjacent to an activating group) is 1. The Kier molecular flexibility index (Phi) is 3.35. The predicted octanol–water partition coefficient (Wildman–Crippen LogP) is 3.09. The van der Waals surface area contributed by atoms with E-state index in [0.717, 1.165) is 0 Å². The van der Waals surface area contributed by atoms with Crippen molar-refractivity contribution >= 4 is 5.69 Å². The van der Waals surface area contributed by atoms with E-state index in [0.29, 0.717) is 6.04 Å². The third kappa shape index (κ3) is 1.85. The molecule has 72 valence electrons. The van der Waals surface area contributed by atoms with E-state index in [1.807, 2.05) is 13.8 Å². The molecule has 0 N–H and O–H groups in total. The monoisotopic (exact) mass is 177 g/mol. The lowest BCUT2D eigenvalue weighted by Crippen LogP contribution is -2.23. The van der Waals surface area contributed by atoms with E-state index in [9.17, 15) is 0 Å². The van der Waals surface area contributed by atoms with Gasteiger partial charge in [-0.2, -0.15) is 0 Å². The van der Waals surface area contributed by atoms with Gasteiger partial charge in [0.2, 0.25) is 0 Å². The Hall–Kier alpha value is -0.980. The molecular formula is C12H19N. The van der Waals surface area contributed by atoms with Crippen LogP contribution in [-0.4, -0.2) is 13.1 Å². The number of fused-ring (bicyclic) bond motifs is 1. The van der Waals surface area contributed by atoms with Crippen LogP contribution in [0.1, 0.15) is 26.3 Å². The molecule has 1 aromatic carbocycles. The lowest BCUT2D eigenvalue weighted by atomic mass is 10.1. The topological polar surface area (TPSA) is 3.24 Å². The molecule has 0 aromatic heterocycles. The van der Waals surface area contributed by atoms with E-state index >= 15 is 0 Å². The van der Waals surface area contributed by atoms with E-state index < -0.39 is 0 Å². The van der Waals surface area contributed by atoms with Crippen LogP contribution in [0.2, 0.25) is 0 Å². The number of benzene rings is 1. The van der Waals surface area contributed by atoms with E-state index in [1.54, 1.807) is 0 Å². The average Bonchev–Trinajstić information content (AvgIpc) is 2.47. The predicted molar refractivity (Wildman–Crippen MR) is 59.4 cm³/mol. The summed E-state index contributed by atoms with van der Waals surface area (Å²) in [7, 11) is 2.16. The van der Waals surface area contributed by atoms with Crippen LogP contribution in [0.15, 0.2) is 24.3 Å². The summed E-state index contributed by atoms with van der Waals surface area (Å²) >= 11 is 0. The van der Waals surface area contributed by atoms with Gasteiger partial charge in [-0.15, -0.1) is 0 Å². The highest BCUT2D eigenvalue weighted by atomic mass is 15.1. The zero-order valence-corrected chi connectivity index (χ0v) is 9.04. The van der Waals surface area contributed by atoms with Crippen molar-refractivity contribution in [2.45, 2.75) is 33.2 Å². The van der Waals surface area contributed by atoms with Crippen LogP contribution in [0.4, 0.5) is 5.69 Å². The lowest BCUT2D eigenvalue weighted by molar-refractivity contribution is 0.732. The van der Waals surface area contributed by atoms with Gasteiger partial charge in [-0.1, -0.05) is 32.0 Å². The zero-order valence-electron chi connectivity index (χ0n) is 9.04. The molecule has 2 rings (SSSR count). The van der Waals surface area contributed by atoms with Gasteiger partial charge in [0.25, 0.3) is 0 Å². The molecule has 1 aromatic rings. The summed E-state index contributed by atoms with van der Waals surface area (Å²) in [5, 5.41) is 0. The molecule has 0 saturated carbocycles. The fourth-order valence-corrected chi connectivity index (χ4v) is 1.72. The molecule has 1 aliphatic heterocycles. The van der Waals surface area contributed by atoms with Crippen LogP contribution in [0.5, 0.6) is 0 Å². The third-order valence-corrected chi connectivity index (χ3v) is 2.55. The maximum Gasteiger partial charge on any atom is 0.0399 e. The van der Waals surface area contributed by atoms with Gasteiger partial charge in [0.15, 0.2) is 0 Å². The molecule has 0 spiro atoms. The highest BCUT2D eigenvalue weighted by Crippen LogP contribution is 2.29. The summed E-state index contributed by atoms with van der Waals surface area (Å²) in [4.78, 5) is 2.34. The van der Waals surface area contributed by atoms with E-state index in [2.05, 4.69) is 43.1 Å². The third-order valence-electron chi connectivity index (χ3n) is 2.55. The van der Waals surface area contributed by atoms with Crippen molar-refractivity contribution in [2.75, 3.05) is 11.9 Å². The fourth-order valence-electron chi connectivity index (χ4n) is 1.72. The molecule has 0 saturated heterocycles. The maximum absolute atomic E-state index is 2.34. The maximum atomic E-state index is 2.34. The molecule has 1 heterocycles. The quantitative estimate of drug-likeness (QED) is 0.588. The summed E-state index contributed by atoms with van der Waals surface area (Å²) in [5.41, 5.74) is 2.89. The van der Waals surface area contributed by atoms with Crippen LogP contribution in [0.3, 0.4) is 0 Å². The Morgan fingerprint density at radius 3 is 2.46 bits per heavy atom. The smallest absolute Gasteiger partial charge is 0.0399 e. The lowest BCUT2D eigenvalue weighted by Gasteiger charge is -2.17. The van der Waals surface area contributed by atoms with Gasteiger partial charge < -0.3 is 4.90 Å². The van der Waals surface area contributed by atoms with Crippen LogP contribution in [0, 0.1) is 0 Å². The van der Waals surface area contributed by atoms with Crippen molar-refractivity contribution in [1.29, 1.82) is 0 Å². The summed E-state index contributed by atoms with van der Waals surface area (Å²) in [6.07, 6.45) is 1.20. The number of para-hydroxylation sites is 1. The van der Waals surface area contributed by atoms with Gasteiger partial charge >= 0.3 is 0 Å². The number of hydrogen-bond acceptors (Lipinski definition) is 1. The van der Waals surface area contributed by atoms with Gasteiger partial charge in [0.05, 0.1) is 0 Å². The van der Waals surface area contributed by atoms with Crippen LogP contribution >= 0.6 is 0 Å². The molecule has 0 fully saturated rings. The average molecular weight is 177 g/mol. The zero-order chi connectivity index (χ0) is 9.84. The molecule has 0 amide bonds. The summed E-state index contributed by atoms with van der Waals surface area (Å²) < 4.78 is 0. The molecule has 0 aliphatic carbocycles. The SMILES string of the molecule is CC.CC1Cc2ccccc2N1C. The number of anilines is 1. The molecule has 0 radical (unpaired) electrons.